The number of hydrogen-bond donors (Lipinski definition) is 0. The van der Waals surface area contributed by atoms with Gasteiger partial charge in [0.2, 0.25) is 5.89 Å². The van der Waals surface area contributed by atoms with Crippen LogP contribution in [0.4, 0.5) is 0 Å². The molecule has 17 heavy (non-hydrogen) atoms. The minimum absolute atomic E-state index is 0.634. The first-order chi connectivity index (χ1) is 8.34. The van der Waals surface area contributed by atoms with Crippen molar-refractivity contribution in [3.63, 3.8) is 0 Å². The van der Waals surface area contributed by atoms with Crippen molar-refractivity contribution in [2.45, 2.75) is 0 Å². The second kappa shape index (κ2) is 4.35. The highest BCUT2D eigenvalue weighted by Gasteiger charge is 2.10. The van der Waals surface area contributed by atoms with Gasteiger partial charge in [-0.05, 0) is 23.6 Å². The molecule has 0 atom stereocenters. The lowest BCUT2D eigenvalue weighted by molar-refractivity contribution is 0.590. The van der Waals surface area contributed by atoms with E-state index in [2.05, 4.69) is 4.98 Å². The molecule has 0 N–H and O–H groups in total. The smallest absolute Gasteiger partial charge is 0.236 e. The first kappa shape index (κ1) is 10.6. The Bertz CT molecular complexity index is 630. The normalized spacial score (nSPS) is 10.6. The zero-order valence-corrected chi connectivity index (χ0v) is 10.3. The van der Waals surface area contributed by atoms with Gasteiger partial charge in [0.15, 0.2) is 5.76 Å². The summed E-state index contributed by atoms with van der Waals surface area (Å²) >= 11 is 7.71. The molecule has 1 aromatic carbocycles. The highest BCUT2D eigenvalue weighted by Crippen LogP contribution is 2.32. The number of benzene rings is 1. The Morgan fingerprint density at radius 2 is 2.00 bits per heavy atom. The summed E-state index contributed by atoms with van der Waals surface area (Å²) in [5, 5.41) is 2.66. The van der Waals surface area contributed by atoms with Gasteiger partial charge in [-0.3, -0.25) is 0 Å². The van der Waals surface area contributed by atoms with Gasteiger partial charge in [0, 0.05) is 5.56 Å². The van der Waals surface area contributed by atoms with Crippen molar-refractivity contribution in [2.24, 2.45) is 0 Å². The Balaban J connectivity index is 2.04. The van der Waals surface area contributed by atoms with Gasteiger partial charge < -0.3 is 4.42 Å². The largest absolute Gasteiger partial charge is 0.435 e. The number of rotatable bonds is 2. The molecule has 84 valence electrons. The number of hydrogen-bond acceptors (Lipinski definition) is 3. The van der Waals surface area contributed by atoms with Gasteiger partial charge in [0.05, 0.1) is 16.1 Å². The summed E-state index contributed by atoms with van der Waals surface area (Å²) < 4.78 is 5.71. The van der Waals surface area contributed by atoms with Crippen molar-refractivity contribution in [3.8, 4) is 22.1 Å². The van der Waals surface area contributed by atoms with Crippen molar-refractivity contribution in [3.05, 3.63) is 53.0 Å². The van der Waals surface area contributed by atoms with Gasteiger partial charge in [0.1, 0.15) is 0 Å². The van der Waals surface area contributed by atoms with Crippen molar-refractivity contribution >= 4 is 22.9 Å². The van der Waals surface area contributed by atoms with Crippen LogP contribution < -0.4 is 0 Å². The molecule has 0 radical (unpaired) electrons. The standard InChI is InChI=1S/C13H8ClNOS/c14-10-5-2-1-4-9(10)11-8-15-13(16-11)12-6-3-7-17-12/h1-8H. The molecule has 0 bridgehead atoms. The predicted molar refractivity (Wildman–Crippen MR) is 70.3 cm³/mol. The molecule has 0 aliphatic rings. The third kappa shape index (κ3) is 1.99. The summed E-state index contributed by atoms with van der Waals surface area (Å²) in [4.78, 5) is 5.28. The third-order valence-corrected chi connectivity index (χ3v) is 3.56. The van der Waals surface area contributed by atoms with Crippen LogP contribution in [0.15, 0.2) is 52.4 Å². The van der Waals surface area contributed by atoms with E-state index in [0.717, 1.165) is 10.4 Å². The van der Waals surface area contributed by atoms with E-state index in [0.29, 0.717) is 16.7 Å². The maximum atomic E-state index is 6.11. The van der Waals surface area contributed by atoms with E-state index >= 15 is 0 Å². The van der Waals surface area contributed by atoms with Crippen LogP contribution in [0, 0.1) is 0 Å². The average Bonchev–Trinajstić information content (AvgIpc) is 3.00. The Hall–Kier alpha value is -1.58. The van der Waals surface area contributed by atoms with Crippen LogP contribution in [-0.2, 0) is 0 Å². The Kier molecular flexibility index (Phi) is 2.71. The summed E-state index contributed by atoms with van der Waals surface area (Å²) in [5.41, 5.74) is 0.865. The van der Waals surface area contributed by atoms with Gasteiger partial charge in [-0.15, -0.1) is 11.3 Å². The van der Waals surface area contributed by atoms with Crippen LogP contribution in [0.5, 0.6) is 0 Å². The summed E-state index contributed by atoms with van der Waals surface area (Å²) in [6.07, 6.45) is 1.70. The molecule has 0 amide bonds. The topological polar surface area (TPSA) is 26.0 Å². The molecule has 0 unspecified atom stereocenters. The van der Waals surface area contributed by atoms with Gasteiger partial charge in [-0.25, -0.2) is 4.98 Å². The monoisotopic (exact) mass is 261 g/mol. The number of nitrogens with zero attached hydrogens (tertiary/aromatic N) is 1. The minimum Gasteiger partial charge on any atom is -0.435 e. The average molecular weight is 262 g/mol. The number of aromatic nitrogens is 1. The van der Waals surface area contributed by atoms with Crippen LogP contribution in [0.1, 0.15) is 0 Å². The molecule has 0 aliphatic heterocycles. The van der Waals surface area contributed by atoms with Crippen molar-refractivity contribution in [1.82, 2.24) is 4.98 Å². The van der Waals surface area contributed by atoms with E-state index in [9.17, 15) is 0 Å². The first-order valence-corrected chi connectivity index (χ1v) is 6.35. The lowest BCUT2D eigenvalue weighted by Crippen LogP contribution is -1.74. The second-order valence-electron chi connectivity index (χ2n) is 3.49. The third-order valence-electron chi connectivity index (χ3n) is 2.38. The highest BCUT2D eigenvalue weighted by molar-refractivity contribution is 7.13. The Labute approximate surface area is 108 Å². The van der Waals surface area contributed by atoms with Crippen molar-refractivity contribution < 1.29 is 4.42 Å². The molecular formula is C13H8ClNOS. The molecule has 2 heterocycles. The van der Waals surface area contributed by atoms with Crippen LogP contribution in [0.25, 0.3) is 22.1 Å². The van der Waals surface area contributed by atoms with E-state index < -0.39 is 0 Å². The fraction of sp³-hybridized carbons (Fsp3) is 0. The van der Waals surface area contributed by atoms with Crippen LogP contribution in [-0.4, -0.2) is 4.98 Å². The van der Waals surface area contributed by atoms with Gasteiger partial charge in [0.25, 0.3) is 0 Å². The zero-order chi connectivity index (χ0) is 11.7. The molecule has 3 rings (SSSR count). The molecular weight excluding hydrogens is 254 g/mol. The van der Waals surface area contributed by atoms with E-state index in [-0.39, 0.29) is 0 Å². The summed E-state index contributed by atoms with van der Waals surface area (Å²) in [7, 11) is 0. The lowest BCUT2D eigenvalue weighted by atomic mass is 10.2. The van der Waals surface area contributed by atoms with Gasteiger partial charge >= 0.3 is 0 Å². The summed E-state index contributed by atoms with van der Waals surface area (Å²) in [6.45, 7) is 0. The number of halogens is 1. The van der Waals surface area contributed by atoms with E-state index in [1.807, 2.05) is 41.8 Å². The van der Waals surface area contributed by atoms with Crippen LogP contribution in [0.3, 0.4) is 0 Å². The molecule has 0 spiro atoms. The Morgan fingerprint density at radius 3 is 2.76 bits per heavy atom. The SMILES string of the molecule is Clc1ccccc1-c1cnc(-c2cccs2)o1. The fourth-order valence-electron chi connectivity index (χ4n) is 1.57. The van der Waals surface area contributed by atoms with Crippen molar-refractivity contribution in [2.75, 3.05) is 0 Å². The van der Waals surface area contributed by atoms with Gasteiger partial charge in [-0.1, -0.05) is 29.8 Å². The molecule has 0 saturated heterocycles. The quantitative estimate of drug-likeness (QED) is 0.667. The van der Waals surface area contributed by atoms with Crippen LogP contribution in [0.2, 0.25) is 5.02 Å². The molecule has 0 aliphatic carbocycles. The predicted octanol–water partition coefficient (Wildman–Crippen LogP) is 4.72. The molecule has 0 fully saturated rings. The molecule has 3 aromatic rings. The minimum atomic E-state index is 0.634. The molecule has 0 saturated carbocycles. The summed E-state index contributed by atoms with van der Waals surface area (Å²) in [6, 6.07) is 11.5. The highest BCUT2D eigenvalue weighted by atomic mass is 35.5. The number of thiophene rings is 1. The number of oxazole rings is 1. The summed E-state index contributed by atoms with van der Waals surface area (Å²) in [5.74, 6) is 1.33. The first-order valence-electron chi connectivity index (χ1n) is 5.09. The van der Waals surface area contributed by atoms with Crippen LogP contribution >= 0.6 is 22.9 Å². The van der Waals surface area contributed by atoms with E-state index in [1.165, 1.54) is 0 Å². The van der Waals surface area contributed by atoms with E-state index in [1.54, 1.807) is 17.5 Å². The lowest BCUT2D eigenvalue weighted by Gasteiger charge is -1.98. The zero-order valence-electron chi connectivity index (χ0n) is 8.76. The van der Waals surface area contributed by atoms with Crippen molar-refractivity contribution in [1.29, 1.82) is 0 Å². The second-order valence-corrected chi connectivity index (χ2v) is 4.84. The molecule has 4 heteroatoms. The fourth-order valence-corrected chi connectivity index (χ4v) is 2.46. The molecule has 2 aromatic heterocycles. The molecule has 2 nitrogen and oxygen atoms in total. The Morgan fingerprint density at radius 1 is 1.12 bits per heavy atom. The maximum absolute atomic E-state index is 6.11. The van der Waals surface area contributed by atoms with Gasteiger partial charge in [-0.2, -0.15) is 0 Å². The maximum Gasteiger partial charge on any atom is 0.236 e. The van der Waals surface area contributed by atoms with E-state index in [4.69, 9.17) is 16.0 Å².